The monoisotopic (exact) mass is 226 g/mol. The number of nitrogens with one attached hydrogen (secondary N) is 1. The van der Waals surface area contributed by atoms with Crippen molar-refractivity contribution in [2.75, 3.05) is 26.2 Å². The number of hydrogen-bond donors (Lipinski definition) is 1. The highest BCUT2D eigenvalue weighted by molar-refractivity contribution is 4.76. The third kappa shape index (κ3) is 4.84. The minimum absolute atomic E-state index is 0.718. The van der Waals surface area contributed by atoms with Crippen molar-refractivity contribution >= 4 is 0 Å². The molecule has 0 aromatic carbocycles. The quantitative estimate of drug-likeness (QED) is 0.718. The van der Waals surface area contributed by atoms with E-state index in [0.717, 1.165) is 18.5 Å². The molecule has 0 aliphatic heterocycles. The zero-order valence-corrected chi connectivity index (χ0v) is 11.5. The lowest BCUT2D eigenvalue weighted by Crippen LogP contribution is -2.39. The molecule has 0 amide bonds. The van der Waals surface area contributed by atoms with Gasteiger partial charge in [0.25, 0.3) is 0 Å². The highest BCUT2D eigenvalue weighted by atomic mass is 15.1. The van der Waals surface area contributed by atoms with Crippen molar-refractivity contribution < 1.29 is 0 Å². The van der Waals surface area contributed by atoms with Crippen molar-refractivity contribution in [1.82, 2.24) is 10.2 Å². The van der Waals surface area contributed by atoms with E-state index in [2.05, 4.69) is 31.0 Å². The molecule has 2 heteroatoms. The number of nitrogens with zero attached hydrogens (tertiary/aromatic N) is 1. The van der Waals surface area contributed by atoms with E-state index in [0.29, 0.717) is 0 Å². The molecular formula is C14H30N2. The molecule has 1 fully saturated rings. The molecule has 1 rings (SSSR count). The van der Waals surface area contributed by atoms with E-state index >= 15 is 0 Å². The lowest BCUT2D eigenvalue weighted by molar-refractivity contribution is 0.257. The lowest BCUT2D eigenvalue weighted by atomic mass is 9.84. The number of likely N-dealkylation sites (N-methyl/N-ethyl adjacent to an activating group) is 1. The van der Waals surface area contributed by atoms with Gasteiger partial charge in [-0.1, -0.05) is 33.1 Å². The molecule has 1 atom stereocenters. The van der Waals surface area contributed by atoms with E-state index in [4.69, 9.17) is 0 Å². The molecule has 0 saturated heterocycles. The first-order chi connectivity index (χ1) is 7.77. The van der Waals surface area contributed by atoms with Crippen LogP contribution in [-0.2, 0) is 0 Å². The molecule has 1 aliphatic carbocycles. The highest BCUT2D eigenvalue weighted by Crippen LogP contribution is 2.26. The first-order valence-corrected chi connectivity index (χ1v) is 7.23. The van der Waals surface area contributed by atoms with Crippen LogP contribution in [0.4, 0.5) is 0 Å². The predicted molar refractivity (Wildman–Crippen MR) is 71.8 cm³/mol. The SMILES string of the molecule is CCN(CC)CCN[C@H](C)C1CCCCC1. The van der Waals surface area contributed by atoms with E-state index in [9.17, 15) is 0 Å². The molecule has 2 nitrogen and oxygen atoms in total. The molecule has 1 aliphatic rings. The average molecular weight is 226 g/mol. The van der Waals surface area contributed by atoms with Crippen LogP contribution in [-0.4, -0.2) is 37.1 Å². The van der Waals surface area contributed by atoms with Gasteiger partial charge in [-0.3, -0.25) is 0 Å². The minimum Gasteiger partial charge on any atom is -0.313 e. The van der Waals surface area contributed by atoms with Crippen molar-refractivity contribution in [2.45, 2.75) is 58.9 Å². The first-order valence-electron chi connectivity index (χ1n) is 7.23. The second kappa shape index (κ2) is 8.08. The Morgan fingerprint density at radius 1 is 1.12 bits per heavy atom. The molecular weight excluding hydrogens is 196 g/mol. The molecule has 1 saturated carbocycles. The minimum atomic E-state index is 0.718. The molecule has 0 radical (unpaired) electrons. The van der Waals surface area contributed by atoms with Crippen molar-refractivity contribution in [1.29, 1.82) is 0 Å². The Hall–Kier alpha value is -0.0800. The molecule has 0 aromatic heterocycles. The molecule has 1 N–H and O–H groups in total. The normalized spacial score (nSPS) is 20.2. The van der Waals surface area contributed by atoms with Gasteiger partial charge in [-0.05, 0) is 38.8 Å². The Morgan fingerprint density at radius 3 is 2.31 bits per heavy atom. The summed E-state index contributed by atoms with van der Waals surface area (Å²) in [5.41, 5.74) is 0. The van der Waals surface area contributed by atoms with Gasteiger partial charge in [0, 0.05) is 19.1 Å². The van der Waals surface area contributed by atoms with Crippen LogP contribution in [0, 0.1) is 5.92 Å². The van der Waals surface area contributed by atoms with Gasteiger partial charge in [0.15, 0.2) is 0 Å². The summed E-state index contributed by atoms with van der Waals surface area (Å²) in [6, 6.07) is 0.718. The van der Waals surface area contributed by atoms with Crippen LogP contribution in [0.3, 0.4) is 0 Å². The van der Waals surface area contributed by atoms with Crippen LogP contribution in [0.15, 0.2) is 0 Å². The van der Waals surface area contributed by atoms with E-state index in [1.54, 1.807) is 0 Å². The molecule has 0 aromatic rings. The van der Waals surface area contributed by atoms with Crippen LogP contribution >= 0.6 is 0 Å². The lowest BCUT2D eigenvalue weighted by Gasteiger charge is -2.29. The maximum atomic E-state index is 3.71. The van der Waals surface area contributed by atoms with Crippen molar-refractivity contribution in [2.24, 2.45) is 5.92 Å². The van der Waals surface area contributed by atoms with E-state index in [1.807, 2.05) is 0 Å². The smallest absolute Gasteiger partial charge is 0.0107 e. The Bertz CT molecular complexity index is 160. The Morgan fingerprint density at radius 2 is 1.75 bits per heavy atom. The Balaban J connectivity index is 2.11. The third-order valence-electron chi connectivity index (χ3n) is 4.15. The summed E-state index contributed by atoms with van der Waals surface area (Å²) < 4.78 is 0. The van der Waals surface area contributed by atoms with Gasteiger partial charge < -0.3 is 10.2 Å². The van der Waals surface area contributed by atoms with Crippen LogP contribution in [0.1, 0.15) is 52.9 Å². The fourth-order valence-electron chi connectivity index (χ4n) is 2.79. The molecule has 16 heavy (non-hydrogen) atoms. The highest BCUT2D eigenvalue weighted by Gasteiger charge is 2.19. The standard InChI is InChI=1S/C14H30N2/c1-4-16(5-2)12-11-15-13(3)14-9-7-6-8-10-14/h13-15H,4-12H2,1-3H3/t13-/m1/s1. The van der Waals surface area contributed by atoms with Crippen LogP contribution in [0.2, 0.25) is 0 Å². The maximum absolute atomic E-state index is 3.71. The van der Waals surface area contributed by atoms with Crippen molar-refractivity contribution in [3.8, 4) is 0 Å². The van der Waals surface area contributed by atoms with Gasteiger partial charge in [-0.2, -0.15) is 0 Å². The van der Waals surface area contributed by atoms with Gasteiger partial charge >= 0.3 is 0 Å². The van der Waals surface area contributed by atoms with Crippen LogP contribution in [0.5, 0.6) is 0 Å². The van der Waals surface area contributed by atoms with Crippen LogP contribution in [0.25, 0.3) is 0 Å². The van der Waals surface area contributed by atoms with E-state index in [-0.39, 0.29) is 0 Å². The molecule has 0 heterocycles. The predicted octanol–water partition coefficient (Wildman–Crippen LogP) is 2.89. The summed E-state index contributed by atoms with van der Waals surface area (Å²) in [5.74, 6) is 0.936. The molecule has 0 bridgehead atoms. The Labute approximate surface area is 102 Å². The summed E-state index contributed by atoms with van der Waals surface area (Å²) in [5, 5.41) is 3.71. The summed E-state index contributed by atoms with van der Waals surface area (Å²) in [7, 11) is 0. The maximum Gasteiger partial charge on any atom is 0.0107 e. The van der Waals surface area contributed by atoms with E-state index in [1.165, 1.54) is 51.7 Å². The summed E-state index contributed by atoms with van der Waals surface area (Å²) >= 11 is 0. The number of rotatable bonds is 7. The zero-order chi connectivity index (χ0) is 11.8. The van der Waals surface area contributed by atoms with Crippen LogP contribution < -0.4 is 5.32 Å². The summed E-state index contributed by atoms with van der Waals surface area (Å²) in [6.45, 7) is 11.6. The molecule has 0 spiro atoms. The largest absolute Gasteiger partial charge is 0.313 e. The second-order valence-electron chi connectivity index (χ2n) is 5.17. The first kappa shape index (κ1) is 14.0. The van der Waals surface area contributed by atoms with Gasteiger partial charge in [0.1, 0.15) is 0 Å². The topological polar surface area (TPSA) is 15.3 Å². The second-order valence-corrected chi connectivity index (χ2v) is 5.17. The fraction of sp³-hybridized carbons (Fsp3) is 1.00. The Kier molecular flexibility index (Phi) is 7.06. The third-order valence-corrected chi connectivity index (χ3v) is 4.15. The number of hydrogen-bond acceptors (Lipinski definition) is 2. The van der Waals surface area contributed by atoms with Crippen molar-refractivity contribution in [3.05, 3.63) is 0 Å². The zero-order valence-electron chi connectivity index (χ0n) is 11.5. The van der Waals surface area contributed by atoms with Gasteiger partial charge in [0.2, 0.25) is 0 Å². The molecule has 96 valence electrons. The fourth-order valence-corrected chi connectivity index (χ4v) is 2.79. The van der Waals surface area contributed by atoms with Gasteiger partial charge in [-0.15, -0.1) is 0 Å². The van der Waals surface area contributed by atoms with Gasteiger partial charge in [0.05, 0.1) is 0 Å². The summed E-state index contributed by atoms with van der Waals surface area (Å²) in [4.78, 5) is 2.49. The van der Waals surface area contributed by atoms with Gasteiger partial charge in [-0.25, -0.2) is 0 Å². The van der Waals surface area contributed by atoms with Crippen molar-refractivity contribution in [3.63, 3.8) is 0 Å². The average Bonchev–Trinajstić information content (AvgIpc) is 2.35. The van der Waals surface area contributed by atoms with E-state index < -0.39 is 0 Å². The molecule has 0 unspecified atom stereocenters. The summed E-state index contributed by atoms with van der Waals surface area (Å²) in [6.07, 6.45) is 7.25.